The first-order valence-corrected chi connectivity index (χ1v) is 9.68. The fraction of sp³-hybridized carbons (Fsp3) is 0.0556. The number of hydrogen-bond donors (Lipinski definition) is 2. The van der Waals surface area contributed by atoms with Gasteiger partial charge in [0.2, 0.25) is 0 Å². The summed E-state index contributed by atoms with van der Waals surface area (Å²) in [6, 6.07) is 17.3. The third kappa shape index (κ3) is 3.65. The number of nitrogens with one attached hydrogen (secondary N) is 1. The summed E-state index contributed by atoms with van der Waals surface area (Å²) >= 11 is 1.36. The monoisotopic (exact) mass is 369 g/mol. The fourth-order valence-electron chi connectivity index (χ4n) is 2.29. The van der Waals surface area contributed by atoms with E-state index in [1.165, 1.54) is 23.5 Å². The summed E-state index contributed by atoms with van der Waals surface area (Å²) in [5.74, 6) is 0. The Morgan fingerprint density at radius 3 is 2.44 bits per heavy atom. The van der Waals surface area contributed by atoms with Crippen molar-refractivity contribution < 1.29 is 8.42 Å². The zero-order valence-corrected chi connectivity index (χ0v) is 15.0. The maximum atomic E-state index is 12.6. The molecule has 3 rings (SSSR count). The topological polar surface area (TPSA) is 96.0 Å². The highest BCUT2D eigenvalue weighted by molar-refractivity contribution is 7.92. The molecular weight excluding hydrogens is 354 g/mol. The highest BCUT2D eigenvalue weighted by atomic mass is 32.2. The number of thiophene rings is 1. The normalized spacial score (nSPS) is 11.0. The lowest BCUT2D eigenvalue weighted by Gasteiger charge is -2.12. The Bertz CT molecular complexity index is 1060. The minimum atomic E-state index is -3.71. The van der Waals surface area contributed by atoms with Gasteiger partial charge in [0.15, 0.2) is 0 Å². The van der Waals surface area contributed by atoms with E-state index in [-0.39, 0.29) is 4.90 Å². The number of benzene rings is 2. The van der Waals surface area contributed by atoms with Crippen molar-refractivity contribution in [1.82, 2.24) is 0 Å². The van der Waals surface area contributed by atoms with E-state index in [9.17, 15) is 8.42 Å². The summed E-state index contributed by atoms with van der Waals surface area (Å²) in [4.78, 5) is 1.67. The van der Waals surface area contributed by atoms with E-state index >= 15 is 0 Å². The van der Waals surface area contributed by atoms with Crippen molar-refractivity contribution in [2.24, 2.45) is 0 Å². The molecule has 0 aliphatic carbocycles. The van der Waals surface area contributed by atoms with Crippen LogP contribution < -0.4 is 10.5 Å². The van der Waals surface area contributed by atoms with Gasteiger partial charge in [-0.15, -0.1) is 11.3 Å². The lowest BCUT2D eigenvalue weighted by atomic mass is 10.1. The Morgan fingerprint density at radius 1 is 1.08 bits per heavy atom. The number of sulfonamides is 1. The van der Waals surface area contributed by atoms with E-state index in [4.69, 9.17) is 11.0 Å². The molecule has 0 unspecified atom stereocenters. The van der Waals surface area contributed by atoms with E-state index in [0.29, 0.717) is 16.3 Å². The van der Waals surface area contributed by atoms with Crippen LogP contribution in [0.15, 0.2) is 59.5 Å². The molecular formula is C18H15N3O2S2. The summed E-state index contributed by atoms with van der Waals surface area (Å²) in [5.41, 5.74) is 8.27. The molecule has 126 valence electrons. The van der Waals surface area contributed by atoms with Gasteiger partial charge in [0.25, 0.3) is 10.0 Å². The molecule has 0 saturated heterocycles. The first kappa shape index (κ1) is 17.0. The third-order valence-corrected chi connectivity index (χ3v) is 6.09. The van der Waals surface area contributed by atoms with Gasteiger partial charge in [0, 0.05) is 10.6 Å². The van der Waals surface area contributed by atoms with Crippen LogP contribution in [-0.2, 0) is 10.0 Å². The highest BCUT2D eigenvalue weighted by Gasteiger charge is 2.16. The first-order valence-electron chi connectivity index (χ1n) is 7.38. The van der Waals surface area contributed by atoms with Crippen molar-refractivity contribution in [3.63, 3.8) is 0 Å². The molecule has 0 radical (unpaired) electrons. The van der Waals surface area contributed by atoms with Crippen LogP contribution in [0.1, 0.15) is 10.4 Å². The SMILES string of the molecule is Cc1ccc(-c2ccc(C#N)s2)cc1NS(=O)(=O)c1ccc(N)cc1. The lowest BCUT2D eigenvalue weighted by Crippen LogP contribution is -2.13. The number of nitriles is 1. The van der Waals surface area contributed by atoms with Crippen molar-refractivity contribution in [1.29, 1.82) is 5.26 Å². The summed E-state index contributed by atoms with van der Waals surface area (Å²) < 4.78 is 27.8. The standard InChI is InChI=1S/C18H15N3O2S2/c1-12-2-3-13(18-9-6-15(11-19)24-18)10-17(12)21-25(22,23)16-7-4-14(20)5-8-16/h2-10,21H,20H2,1H3. The van der Waals surface area contributed by atoms with E-state index in [1.807, 2.05) is 25.1 Å². The third-order valence-electron chi connectivity index (χ3n) is 3.67. The van der Waals surface area contributed by atoms with Crippen LogP contribution in [-0.4, -0.2) is 8.42 Å². The van der Waals surface area contributed by atoms with Gasteiger partial charge in [-0.05, 0) is 60.5 Å². The smallest absolute Gasteiger partial charge is 0.261 e. The molecule has 1 aromatic heterocycles. The molecule has 0 amide bonds. The number of nitrogen functional groups attached to an aromatic ring is 1. The second-order valence-corrected chi connectivity index (χ2v) is 8.25. The molecule has 0 saturated carbocycles. The molecule has 0 fully saturated rings. The zero-order valence-electron chi connectivity index (χ0n) is 13.4. The Labute approximate surface area is 150 Å². The summed E-state index contributed by atoms with van der Waals surface area (Å²) in [6.45, 7) is 1.83. The molecule has 3 N–H and O–H groups in total. The number of rotatable bonds is 4. The Balaban J connectivity index is 1.95. The van der Waals surface area contributed by atoms with E-state index in [1.54, 1.807) is 24.3 Å². The molecule has 1 heterocycles. The largest absolute Gasteiger partial charge is 0.399 e. The van der Waals surface area contributed by atoms with E-state index in [0.717, 1.165) is 16.0 Å². The quantitative estimate of drug-likeness (QED) is 0.680. The van der Waals surface area contributed by atoms with Gasteiger partial charge < -0.3 is 5.73 Å². The number of anilines is 2. The molecule has 5 nitrogen and oxygen atoms in total. The van der Waals surface area contributed by atoms with Gasteiger partial charge in [-0.1, -0.05) is 12.1 Å². The number of nitrogens with zero attached hydrogens (tertiary/aromatic N) is 1. The van der Waals surface area contributed by atoms with E-state index in [2.05, 4.69) is 10.8 Å². The summed E-state index contributed by atoms with van der Waals surface area (Å²) in [7, 11) is -3.71. The molecule has 7 heteroatoms. The van der Waals surface area contributed by atoms with Crippen LogP contribution >= 0.6 is 11.3 Å². The molecule has 0 aliphatic heterocycles. The van der Waals surface area contributed by atoms with Gasteiger partial charge in [-0.3, -0.25) is 4.72 Å². The number of hydrogen-bond acceptors (Lipinski definition) is 5. The molecule has 0 atom stereocenters. The van der Waals surface area contributed by atoms with Crippen LogP contribution in [0, 0.1) is 18.3 Å². The maximum Gasteiger partial charge on any atom is 0.261 e. The van der Waals surface area contributed by atoms with Gasteiger partial charge in [-0.2, -0.15) is 5.26 Å². The van der Waals surface area contributed by atoms with Crippen LogP contribution in [0.5, 0.6) is 0 Å². The zero-order chi connectivity index (χ0) is 18.0. The first-order chi connectivity index (χ1) is 11.9. The molecule has 3 aromatic rings. The predicted octanol–water partition coefficient (Wildman–Crippen LogP) is 3.98. The van der Waals surface area contributed by atoms with Gasteiger partial charge in [-0.25, -0.2) is 8.42 Å². The number of aryl methyl sites for hydroxylation is 1. The van der Waals surface area contributed by atoms with Gasteiger partial charge in [0.05, 0.1) is 10.6 Å². The average Bonchev–Trinajstić information content (AvgIpc) is 3.06. The van der Waals surface area contributed by atoms with Crippen LogP contribution in [0.3, 0.4) is 0 Å². The Kier molecular flexibility index (Phi) is 4.49. The average molecular weight is 369 g/mol. The summed E-state index contributed by atoms with van der Waals surface area (Å²) in [6.07, 6.45) is 0. The Hall–Kier alpha value is -2.82. The van der Waals surface area contributed by atoms with Crippen molar-refractivity contribution >= 4 is 32.7 Å². The second-order valence-electron chi connectivity index (χ2n) is 5.48. The van der Waals surface area contributed by atoms with E-state index < -0.39 is 10.0 Å². The van der Waals surface area contributed by atoms with Gasteiger partial charge in [0.1, 0.15) is 10.9 Å². The second kappa shape index (κ2) is 6.59. The minimum Gasteiger partial charge on any atom is -0.399 e. The van der Waals surface area contributed by atoms with Crippen molar-refractivity contribution in [3.8, 4) is 16.5 Å². The Morgan fingerprint density at radius 2 is 1.80 bits per heavy atom. The molecule has 0 spiro atoms. The van der Waals surface area contributed by atoms with Crippen LogP contribution in [0.2, 0.25) is 0 Å². The van der Waals surface area contributed by atoms with Crippen molar-refractivity contribution in [2.45, 2.75) is 11.8 Å². The van der Waals surface area contributed by atoms with Crippen molar-refractivity contribution in [2.75, 3.05) is 10.5 Å². The van der Waals surface area contributed by atoms with Crippen LogP contribution in [0.4, 0.5) is 11.4 Å². The lowest BCUT2D eigenvalue weighted by molar-refractivity contribution is 0.601. The number of nitrogens with two attached hydrogens (primary N) is 1. The van der Waals surface area contributed by atoms with Crippen LogP contribution in [0.25, 0.3) is 10.4 Å². The fourth-order valence-corrected chi connectivity index (χ4v) is 4.21. The minimum absolute atomic E-state index is 0.148. The predicted molar refractivity (Wildman–Crippen MR) is 101 cm³/mol. The highest BCUT2D eigenvalue weighted by Crippen LogP contribution is 2.31. The summed E-state index contributed by atoms with van der Waals surface area (Å²) in [5, 5.41) is 8.95. The molecule has 0 bridgehead atoms. The molecule has 25 heavy (non-hydrogen) atoms. The van der Waals surface area contributed by atoms with Gasteiger partial charge >= 0.3 is 0 Å². The molecule has 2 aromatic carbocycles. The van der Waals surface area contributed by atoms with Crippen molar-refractivity contribution in [3.05, 3.63) is 65.0 Å². The molecule has 0 aliphatic rings. The maximum absolute atomic E-state index is 12.6.